The molecule has 0 saturated carbocycles. The molecule has 0 bridgehead atoms. The van der Waals surface area contributed by atoms with Crippen LogP contribution in [0, 0.1) is 0 Å². The van der Waals surface area contributed by atoms with Crippen molar-refractivity contribution in [2.24, 2.45) is 0 Å². The highest BCUT2D eigenvalue weighted by atomic mass is 16.5. The second-order valence-corrected chi connectivity index (χ2v) is 7.64. The minimum atomic E-state index is -0.365. The number of nitrogens with one attached hydrogen (secondary N) is 1. The summed E-state index contributed by atoms with van der Waals surface area (Å²) in [6.45, 7) is 2.17. The number of nitrogens with zero attached hydrogens (tertiary/aromatic N) is 4. The van der Waals surface area contributed by atoms with E-state index in [-0.39, 0.29) is 23.9 Å². The minimum Gasteiger partial charge on any atom is -0.492 e. The number of benzene rings is 2. The molecule has 0 radical (unpaired) electrons. The lowest BCUT2D eigenvalue weighted by Gasteiger charge is -2.14. The van der Waals surface area contributed by atoms with Crippen LogP contribution in [0.1, 0.15) is 6.92 Å². The third-order valence-corrected chi connectivity index (χ3v) is 5.38. The van der Waals surface area contributed by atoms with Crippen LogP contribution in [0.25, 0.3) is 33.7 Å². The number of carbonyl (C=O) groups excluding carboxylic acids is 1. The summed E-state index contributed by atoms with van der Waals surface area (Å²) in [5.41, 5.74) is 2.00. The Bertz CT molecular complexity index is 1560. The number of para-hydroxylation sites is 3. The molecule has 0 spiro atoms. The van der Waals surface area contributed by atoms with E-state index >= 15 is 0 Å². The van der Waals surface area contributed by atoms with Gasteiger partial charge in [-0.1, -0.05) is 35.5 Å². The van der Waals surface area contributed by atoms with Crippen molar-refractivity contribution in [3.05, 3.63) is 89.5 Å². The number of amides is 1. The molecule has 0 aliphatic carbocycles. The molecule has 2 aromatic carbocycles. The van der Waals surface area contributed by atoms with Crippen LogP contribution in [-0.2, 0) is 11.3 Å². The number of carbonyl (C=O) groups is 1. The largest absolute Gasteiger partial charge is 0.492 e. The van der Waals surface area contributed by atoms with Crippen molar-refractivity contribution in [2.45, 2.75) is 13.5 Å². The maximum Gasteiger partial charge on any atom is 0.259 e. The third kappa shape index (κ3) is 4.51. The number of anilines is 1. The summed E-state index contributed by atoms with van der Waals surface area (Å²) in [4.78, 5) is 34.5. The van der Waals surface area contributed by atoms with E-state index < -0.39 is 0 Å². The standard InChI is InChI=1S/C26H21N5O4/c1-2-34-22-10-6-4-8-20(22)28-23(32)16-31-21-9-5-3-7-18(21)19(15-24(31)33)26-29-25(30-35-26)17-11-13-27-14-12-17/h3-15H,2,16H2,1H3,(H,28,32). The molecule has 0 aliphatic rings. The predicted molar refractivity (Wildman–Crippen MR) is 131 cm³/mol. The summed E-state index contributed by atoms with van der Waals surface area (Å²) < 4.78 is 12.5. The lowest BCUT2D eigenvalue weighted by molar-refractivity contribution is -0.116. The molecule has 5 rings (SSSR count). The van der Waals surface area contributed by atoms with Gasteiger partial charge in [-0.15, -0.1) is 0 Å². The molecule has 0 unspecified atom stereocenters. The van der Waals surface area contributed by atoms with Crippen LogP contribution in [0.4, 0.5) is 5.69 Å². The Hall–Kier alpha value is -4.79. The van der Waals surface area contributed by atoms with Gasteiger partial charge in [-0.25, -0.2) is 0 Å². The van der Waals surface area contributed by atoms with E-state index in [1.807, 2.05) is 25.1 Å². The van der Waals surface area contributed by atoms with E-state index in [0.29, 0.717) is 40.3 Å². The summed E-state index contributed by atoms with van der Waals surface area (Å²) in [6, 6.07) is 19.4. The van der Waals surface area contributed by atoms with Crippen molar-refractivity contribution in [2.75, 3.05) is 11.9 Å². The Kier molecular flexibility index (Phi) is 6.04. The predicted octanol–water partition coefficient (Wildman–Crippen LogP) is 4.15. The Labute approximate surface area is 200 Å². The van der Waals surface area contributed by atoms with Crippen LogP contribution in [-0.4, -0.2) is 32.2 Å². The van der Waals surface area contributed by atoms with Crippen molar-refractivity contribution in [1.82, 2.24) is 19.7 Å². The van der Waals surface area contributed by atoms with Crippen molar-refractivity contribution >= 4 is 22.5 Å². The Morgan fingerprint density at radius 2 is 1.83 bits per heavy atom. The van der Waals surface area contributed by atoms with Gasteiger partial charge < -0.3 is 14.6 Å². The fourth-order valence-corrected chi connectivity index (χ4v) is 3.81. The molecule has 1 amide bonds. The Morgan fingerprint density at radius 3 is 2.66 bits per heavy atom. The average Bonchev–Trinajstić information content (AvgIpc) is 3.38. The number of ether oxygens (including phenoxy) is 1. The third-order valence-electron chi connectivity index (χ3n) is 5.38. The highest BCUT2D eigenvalue weighted by Crippen LogP contribution is 2.28. The molecule has 0 aliphatic heterocycles. The van der Waals surface area contributed by atoms with Crippen LogP contribution >= 0.6 is 0 Å². The van der Waals surface area contributed by atoms with Crippen LogP contribution in [0.5, 0.6) is 5.75 Å². The van der Waals surface area contributed by atoms with Gasteiger partial charge in [-0.2, -0.15) is 4.98 Å². The van der Waals surface area contributed by atoms with Gasteiger partial charge in [-0.05, 0) is 37.3 Å². The molecule has 0 saturated heterocycles. The SMILES string of the molecule is CCOc1ccccc1NC(=O)Cn1c(=O)cc(-c2nc(-c3ccncc3)no2)c2ccccc21. The second kappa shape index (κ2) is 9.60. The minimum absolute atomic E-state index is 0.174. The van der Waals surface area contributed by atoms with E-state index in [9.17, 15) is 9.59 Å². The fourth-order valence-electron chi connectivity index (χ4n) is 3.81. The smallest absolute Gasteiger partial charge is 0.259 e. The van der Waals surface area contributed by atoms with E-state index in [4.69, 9.17) is 9.26 Å². The topological polar surface area (TPSA) is 112 Å². The van der Waals surface area contributed by atoms with Crippen molar-refractivity contribution in [1.29, 1.82) is 0 Å². The maximum atomic E-state index is 13.1. The molecule has 3 heterocycles. The van der Waals surface area contributed by atoms with Gasteiger partial charge in [0.2, 0.25) is 11.7 Å². The summed E-state index contributed by atoms with van der Waals surface area (Å²) in [5, 5.41) is 7.58. The van der Waals surface area contributed by atoms with E-state index in [1.54, 1.807) is 54.9 Å². The zero-order valence-electron chi connectivity index (χ0n) is 18.8. The Balaban J connectivity index is 1.49. The summed E-state index contributed by atoms with van der Waals surface area (Å²) in [5.74, 6) is 0.822. The van der Waals surface area contributed by atoms with Gasteiger partial charge >= 0.3 is 0 Å². The molecule has 9 nitrogen and oxygen atoms in total. The first-order chi connectivity index (χ1) is 17.1. The van der Waals surface area contributed by atoms with Gasteiger partial charge in [0, 0.05) is 29.4 Å². The fraction of sp³-hybridized carbons (Fsp3) is 0.115. The lowest BCUT2D eigenvalue weighted by atomic mass is 10.1. The number of hydrogen-bond acceptors (Lipinski definition) is 7. The first-order valence-electron chi connectivity index (χ1n) is 11.0. The van der Waals surface area contributed by atoms with Crippen molar-refractivity contribution in [3.8, 4) is 28.6 Å². The molecule has 0 fully saturated rings. The average molecular weight is 467 g/mol. The molecule has 5 aromatic rings. The molecular weight excluding hydrogens is 446 g/mol. The van der Waals surface area contributed by atoms with Gasteiger partial charge in [0.1, 0.15) is 12.3 Å². The van der Waals surface area contributed by atoms with Crippen LogP contribution in [0.15, 0.2) is 88.4 Å². The number of aromatic nitrogens is 4. The molecule has 9 heteroatoms. The summed E-state index contributed by atoms with van der Waals surface area (Å²) in [6.07, 6.45) is 3.28. The summed E-state index contributed by atoms with van der Waals surface area (Å²) in [7, 11) is 0. The van der Waals surface area contributed by atoms with E-state index in [1.165, 1.54) is 10.6 Å². The normalized spacial score (nSPS) is 10.9. The zero-order chi connectivity index (χ0) is 24.2. The first kappa shape index (κ1) is 22.0. The molecule has 0 atom stereocenters. The number of fused-ring (bicyclic) bond motifs is 1. The van der Waals surface area contributed by atoms with E-state index in [2.05, 4.69) is 20.4 Å². The lowest BCUT2D eigenvalue weighted by Crippen LogP contribution is -2.28. The highest BCUT2D eigenvalue weighted by Gasteiger charge is 2.18. The van der Waals surface area contributed by atoms with Crippen molar-refractivity contribution in [3.63, 3.8) is 0 Å². The number of hydrogen-bond donors (Lipinski definition) is 1. The monoisotopic (exact) mass is 467 g/mol. The Morgan fingerprint density at radius 1 is 1.06 bits per heavy atom. The zero-order valence-corrected chi connectivity index (χ0v) is 18.8. The number of pyridine rings is 2. The highest BCUT2D eigenvalue weighted by molar-refractivity contribution is 5.96. The van der Waals surface area contributed by atoms with Crippen molar-refractivity contribution < 1.29 is 14.1 Å². The molecule has 3 aromatic heterocycles. The van der Waals surface area contributed by atoms with Crippen LogP contribution < -0.4 is 15.6 Å². The summed E-state index contributed by atoms with van der Waals surface area (Å²) >= 11 is 0. The van der Waals surface area contributed by atoms with Crippen LogP contribution in [0.2, 0.25) is 0 Å². The molecule has 174 valence electrons. The van der Waals surface area contributed by atoms with Gasteiger partial charge in [0.05, 0.1) is 23.4 Å². The number of rotatable bonds is 7. The second-order valence-electron chi connectivity index (χ2n) is 7.64. The van der Waals surface area contributed by atoms with E-state index in [0.717, 1.165) is 5.56 Å². The quantitative estimate of drug-likeness (QED) is 0.383. The first-order valence-corrected chi connectivity index (χ1v) is 11.0. The van der Waals surface area contributed by atoms with Gasteiger partial charge in [0.15, 0.2) is 0 Å². The van der Waals surface area contributed by atoms with Gasteiger partial charge in [-0.3, -0.25) is 19.1 Å². The maximum absolute atomic E-state index is 13.1. The molecule has 1 N–H and O–H groups in total. The molecular formula is C26H21N5O4. The van der Waals surface area contributed by atoms with Crippen LogP contribution in [0.3, 0.4) is 0 Å². The van der Waals surface area contributed by atoms with Gasteiger partial charge in [0.25, 0.3) is 11.4 Å². The molecule has 35 heavy (non-hydrogen) atoms.